The Balaban J connectivity index is 1.63. The zero-order valence-electron chi connectivity index (χ0n) is 12.3. The van der Waals surface area contributed by atoms with E-state index < -0.39 is 0 Å². The zero-order valence-corrected chi connectivity index (χ0v) is 12.3. The lowest BCUT2D eigenvalue weighted by atomic mass is 9.99. The van der Waals surface area contributed by atoms with Crippen molar-refractivity contribution in [3.8, 4) is 0 Å². The fraction of sp³-hybridized carbons (Fsp3) is 0.643. The first-order valence-corrected chi connectivity index (χ1v) is 7.74. The van der Waals surface area contributed by atoms with E-state index in [-0.39, 0.29) is 0 Å². The Labute approximate surface area is 123 Å². The molecule has 21 heavy (non-hydrogen) atoms. The van der Waals surface area contributed by atoms with E-state index in [9.17, 15) is 0 Å². The maximum absolute atomic E-state index is 4.57. The van der Waals surface area contributed by atoms with Crippen LogP contribution in [0.5, 0.6) is 0 Å². The predicted octanol–water partition coefficient (Wildman–Crippen LogP) is 1.43. The summed E-state index contributed by atoms with van der Waals surface area (Å²) < 4.78 is 0. The number of rotatable bonds is 3. The molecule has 7 heteroatoms. The molecule has 2 atom stereocenters. The third-order valence-electron chi connectivity index (χ3n) is 4.69. The van der Waals surface area contributed by atoms with Gasteiger partial charge in [-0.3, -0.25) is 4.90 Å². The zero-order chi connectivity index (χ0) is 14.2. The molecule has 2 aromatic heterocycles. The van der Waals surface area contributed by atoms with Gasteiger partial charge >= 0.3 is 0 Å². The Morgan fingerprint density at radius 3 is 3.10 bits per heavy atom. The van der Waals surface area contributed by atoms with Gasteiger partial charge < -0.3 is 15.6 Å². The van der Waals surface area contributed by atoms with Crippen molar-refractivity contribution in [2.75, 3.05) is 30.8 Å². The van der Waals surface area contributed by atoms with E-state index in [0.717, 1.165) is 11.3 Å². The normalized spacial score (nSPS) is 26.0. The molecule has 0 aliphatic carbocycles. The highest BCUT2D eigenvalue weighted by Crippen LogP contribution is 2.30. The van der Waals surface area contributed by atoms with E-state index in [1.807, 2.05) is 7.05 Å². The fourth-order valence-electron chi connectivity index (χ4n) is 3.64. The van der Waals surface area contributed by atoms with Crippen LogP contribution in [0.25, 0.3) is 11.2 Å². The van der Waals surface area contributed by atoms with Crippen molar-refractivity contribution in [2.24, 2.45) is 0 Å². The summed E-state index contributed by atoms with van der Waals surface area (Å²) >= 11 is 0. The summed E-state index contributed by atoms with van der Waals surface area (Å²) in [6, 6.07) is 1.11. The minimum atomic E-state index is 0.469. The maximum atomic E-state index is 4.57. The Bertz CT molecular complexity index is 637. The number of piperidine rings is 1. The van der Waals surface area contributed by atoms with Gasteiger partial charge in [0.15, 0.2) is 11.5 Å². The SMILES string of the molecule is CNc1nc(NC2CCN3CCCCC23)c2[nH]cnc2n1. The van der Waals surface area contributed by atoms with Gasteiger partial charge in [-0.15, -0.1) is 0 Å². The molecule has 2 saturated heterocycles. The summed E-state index contributed by atoms with van der Waals surface area (Å²) in [5.74, 6) is 1.47. The molecule has 3 N–H and O–H groups in total. The molecule has 7 nitrogen and oxygen atoms in total. The number of hydrogen-bond acceptors (Lipinski definition) is 6. The monoisotopic (exact) mass is 287 g/mol. The van der Waals surface area contributed by atoms with Crippen LogP contribution >= 0.6 is 0 Å². The molecule has 0 spiro atoms. The number of hydrogen-bond donors (Lipinski definition) is 3. The molecule has 4 heterocycles. The Morgan fingerprint density at radius 2 is 2.19 bits per heavy atom. The van der Waals surface area contributed by atoms with E-state index in [1.165, 1.54) is 38.8 Å². The van der Waals surface area contributed by atoms with Crippen LogP contribution in [-0.2, 0) is 0 Å². The largest absolute Gasteiger partial charge is 0.364 e. The van der Waals surface area contributed by atoms with Gasteiger partial charge in [0.1, 0.15) is 5.52 Å². The van der Waals surface area contributed by atoms with Crippen LogP contribution in [-0.4, -0.2) is 57.1 Å². The van der Waals surface area contributed by atoms with Gasteiger partial charge in [-0.2, -0.15) is 9.97 Å². The second-order valence-corrected chi connectivity index (χ2v) is 5.89. The summed E-state index contributed by atoms with van der Waals surface area (Å²) in [7, 11) is 1.83. The average Bonchev–Trinajstić information content (AvgIpc) is 3.14. The minimum Gasteiger partial charge on any atom is -0.364 e. The van der Waals surface area contributed by atoms with E-state index in [4.69, 9.17) is 0 Å². The van der Waals surface area contributed by atoms with Gasteiger partial charge in [0, 0.05) is 25.7 Å². The number of H-pyrrole nitrogens is 1. The summed E-state index contributed by atoms with van der Waals surface area (Å²) in [5, 5.41) is 6.64. The molecular weight excluding hydrogens is 266 g/mol. The van der Waals surface area contributed by atoms with Gasteiger partial charge in [-0.05, 0) is 25.8 Å². The van der Waals surface area contributed by atoms with Crippen molar-refractivity contribution in [1.82, 2.24) is 24.8 Å². The summed E-state index contributed by atoms with van der Waals surface area (Å²) in [4.78, 5) is 18.9. The molecule has 0 amide bonds. The maximum Gasteiger partial charge on any atom is 0.226 e. The quantitative estimate of drug-likeness (QED) is 0.792. The molecule has 2 unspecified atom stereocenters. The van der Waals surface area contributed by atoms with Crippen molar-refractivity contribution < 1.29 is 0 Å². The molecule has 0 aromatic carbocycles. The molecule has 112 valence electrons. The van der Waals surface area contributed by atoms with Crippen LogP contribution in [0, 0.1) is 0 Å². The first kappa shape index (κ1) is 12.8. The Kier molecular flexibility index (Phi) is 3.14. The topological polar surface area (TPSA) is 81.8 Å². The third-order valence-corrected chi connectivity index (χ3v) is 4.69. The molecule has 2 aliphatic heterocycles. The number of nitrogens with zero attached hydrogens (tertiary/aromatic N) is 4. The first-order valence-electron chi connectivity index (χ1n) is 7.74. The van der Waals surface area contributed by atoms with Crippen LogP contribution in [0.15, 0.2) is 6.33 Å². The minimum absolute atomic E-state index is 0.469. The van der Waals surface area contributed by atoms with Gasteiger partial charge in [-0.1, -0.05) is 6.42 Å². The highest BCUT2D eigenvalue weighted by atomic mass is 15.2. The van der Waals surface area contributed by atoms with Crippen LogP contribution in [0.3, 0.4) is 0 Å². The number of aromatic nitrogens is 4. The predicted molar refractivity (Wildman–Crippen MR) is 82.5 cm³/mol. The lowest BCUT2D eigenvalue weighted by Gasteiger charge is -2.32. The number of aromatic amines is 1. The second-order valence-electron chi connectivity index (χ2n) is 5.89. The lowest BCUT2D eigenvalue weighted by Crippen LogP contribution is -2.41. The van der Waals surface area contributed by atoms with E-state index in [2.05, 4.69) is 35.5 Å². The van der Waals surface area contributed by atoms with Crippen molar-refractivity contribution in [3.63, 3.8) is 0 Å². The lowest BCUT2D eigenvalue weighted by molar-refractivity contribution is 0.192. The van der Waals surface area contributed by atoms with Crippen LogP contribution < -0.4 is 10.6 Å². The summed E-state index contributed by atoms with van der Waals surface area (Å²) in [6.45, 7) is 2.44. The van der Waals surface area contributed by atoms with Crippen molar-refractivity contribution in [3.05, 3.63) is 6.33 Å². The average molecular weight is 287 g/mol. The van der Waals surface area contributed by atoms with E-state index in [1.54, 1.807) is 6.33 Å². The number of anilines is 2. The second kappa shape index (κ2) is 5.14. The Hall–Kier alpha value is -1.89. The molecule has 2 aromatic rings. The molecule has 0 saturated carbocycles. The summed E-state index contributed by atoms with van der Waals surface area (Å²) in [5.41, 5.74) is 1.60. The van der Waals surface area contributed by atoms with Gasteiger partial charge in [0.05, 0.1) is 6.33 Å². The number of fused-ring (bicyclic) bond motifs is 2. The third kappa shape index (κ3) is 2.21. The van der Waals surface area contributed by atoms with Crippen LogP contribution in [0.4, 0.5) is 11.8 Å². The standard InChI is InChI=1S/C14H21N7/c1-15-14-19-12-11(16-8-17-12)13(20-14)18-9-5-7-21-6-3-2-4-10(9)21/h8-10H,2-7H2,1H3,(H3,15,16,17,18,19,20). The highest BCUT2D eigenvalue weighted by Gasteiger charge is 2.35. The molecule has 4 rings (SSSR count). The van der Waals surface area contributed by atoms with Crippen LogP contribution in [0.1, 0.15) is 25.7 Å². The van der Waals surface area contributed by atoms with Gasteiger partial charge in [0.25, 0.3) is 0 Å². The highest BCUT2D eigenvalue weighted by molar-refractivity contribution is 5.83. The van der Waals surface area contributed by atoms with E-state index >= 15 is 0 Å². The molecular formula is C14H21N7. The molecule has 2 fully saturated rings. The van der Waals surface area contributed by atoms with Crippen LogP contribution in [0.2, 0.25) is 0 Å². The Morgan fingerprint density at radius 1 is 1.24 bits per heavy atom. The fourth-order valence-corrected chi connectivity index (χ4v) is 3.64. The molecule has 2 aliphatic rings. The number of nitrogens with one attached hydrogen (secondary N) is 3. The summed E-state index contributed by atoms with van der Waals surface area (Å²) in [6.07, 6.45) is 6.81. The van der Waals surface area contributed by atoms with Crippen molar-refractivity contribution >= 4 is 22.9 Å². The van der Waals surface area contributed by atoms with Gasteiger partial charge in [0.2, 0.25) is 5.95 Å². The van der Waals surface area contributed by atoms with Crippen molar-refractivity contribution in [1.29, 1.82) is 0 Å². The smallest absolute Gasteiger partial charge is 0.226 e. The molecule has 0 radical (unpaired) electrons. The molecule has 0 bridgehead atoms. The van der Waals surface area contributed by atoms with E-state index in [0.29, 0.717) is 23.7 Å². The van der Waals surface area contributed by atoms with Gasteiger partial charge in [-0.25, -0.2) is 4.98 Å². The number of imidazole rings is 1. The van der Waals surface area contributed by atoms with Crippen molar-refractivity contribution in [2.45, 2.75) is 37.8 Å². The first-order chi connectivity index (χ1) is 10.3.